The summed E-state index contributed by atoms with van der Waals surface area (Å²) in [5.74, 6) is 0.531. The first kappa shape index (κ1) is 29.4. The highest BCUT2D eigenvalue weighted by Crippen LogP contribution is 2.64. The summed E-state index contributed by atoms with van der Waals surface area (Å²) >= 11 is 1.87. The fourth-order valence-corrected chi connectivity index (χ4v) is 11.2. The molecular formula is C45H42N2OS+2. The Labute approximate surface area is 292 Å². The maximum Gasteiger partial charge on any atom is 0.217 e. The van der Waals surface area contributed by atoms with Gasteiger partial charge in [0.05, 0.1) is 11.1 Å². The van der Waals surface area contributed by atoms with Gasteiger partial charge in [-0.05, 0) is 79.1 Å². The van der Waals surface area contributed by atoms with Gasteiger partial charge in [-0.2, -0.15) is 9.13 Å². The number of pyridine rings is 2. The van der Waals surface area contributed by atoms with E-state index < -0.39 is 0 Å². The smallest absolute Gasteiger partial charge is 0.217 e. The Morgan fingerprint density at radius 1 is 0.939 bits per heavy atom. The van der Waals surface area contributed by atoms with E-state index in [0.717, 1.165) is 24.0 Å². The Hall–Kier alpha value is -4.54. The van der Waals surface area contributed by atoms with Crippen LogP contribution in [0.25, 0.3) is 54.5 Å². The molecule has 0 N–H and O–H groups in total. The van der Waals surface area contributed by atoms with Gasteiger partial charge in [0.2, 0.25) is 11.4 Å². The minimum absolute atomic E-state index is 0.172. The molecule has 4 heteroatoms. The summed E-state index contributed by atoms with van der Waals surface area (Å²) in [7, 11) is 0. The molecule has 242 valence electrons. The normalized spacial score (nSPS) is 22.0. The molecule has 3 aliphatic rings. The molecule has 2 aliphatic heterocycles. The van der Waals surface area contributed by atoms with Crippen molar-refractivity contribution in [1.82, 2.24) is 0 Å². The predicted molar refractivity (Wildman–Crippen MR) is 201 cm³/mol. The second kappa shape index (κ2) is 9.79. The van der Waals surface area contributed by atoms with Crippen LogP contribution < -0.4 is 9.13 Å². The summed E-state index contributed by atoms with van der Waals surface area (Å²) in [6.07, 6.45) is 8.98. The number of nitrogens with zero attached hydrogens (tertiary/aromatic N) is 2. The lowest BCUT2D eigenvalue weighted by molar-refractivity contribution is -0.837. The minimum atomic E-state index is -0.201. The standard InChI is InChI=1S/C45H42N2OS/c1-8-34-41-40(31-12-10-9-11-30(31)35-17-13-25(2)24-46(35)41)45(34)23-29-14-15-32-33-16-18-37-38(26(3)27(4)49-37)42(33)48-43(32)39(29)36-21-28(19-20-47(36)45)22-44(5,6)7/h8-21,24,34,40-41H,1,22-23H2,2-7H3/q+2. The minimum Gasteiger partial charge on any atom is -0.454 e. The molecule has 0 radical (unpaired) electrons. The third-order valence-corrected chi connectivity index (χ3v) is 13.2. The van der Waals surface area contributed by atoms with Crippen LogP contribution in [-0.2, 0) is 18.4 Å². The third kappa shape index (κ3) is 3.79. The van der Waals surface area contributed by atoms with Crippen LogP contribution in [-0.4, -0.2) is 0 Å². The number of thiophene rings is 1. The van der Waals surface area contributed by atoms with Crippen molar-refractivity contribution in [3.63, 3.8) is 0 Å². The van der Waals surface area contributed by atoms with Crippen molar-refractivity contribution in [2.45, 2.75) is 71.9 Å². The molecule has 3 nitrogen and oxygen atoms in total. The molecule has 0 saturated heterocycles. The molecule has 1 spiro atoms. The van der Waals surface area contributed by atoms with Gasteiger partial charge in [-0.1, -0.05) is 57.2 Å². The lowest BCUT2D eigenvalue weighted by Gasteiger charge is -2.56. The topological polar surface area (TPSA) is 20.9 Å². The predicted octanol–water partition coefficient (Wildman–Crippen LogP) is 10.6. The van der Waals surface area contributed by atoms with Gasteiger partial charge in [-0.25, -0.2) is 0 Å². The average molecular weight is 659 g/mol. The molecular weight excluding hydrogens is 617 g/mol. The first-order chi connectivity index (χ1) is 23.6. The summed E-state index contributed by atoms with van der Waals surface area (Å²) < 4.78 is 13.7. The maximum atomic E-state index is 7.12. The molecule has 10 rings (SSSR count). The first-order valence-electron chi connectivity index (χ1n) is 17.7. The molecule has 4 unspecified atom stereocenters. The van der Waals surface area contributed by atoms with E-state index in [1.54, 1.807) is 0 Å². The second-order valence-electron chi connectivity index (χ2n) is 16.2. The van der Waals surface area contributed by atoms with Crippen LogP contribution in [0.3, 0.4) is 0 Å². The maximum absolute atomic E-state index is 7.12. The first-order valence-corrected chi connectivity index (χ1v) is 18.6. The molecule has 49 heavy (non-hydrogen) atoms. The van der Waals surface area contributed by atoms with Crippen LogP contribution in [0.15, 0.2) is 102 Å². The number of furan rings is 1. The fourth-order valence-electron chi connectivity index (χ4n) is 10.1. The summed E-state index contributed by atoms with van der Waals surface area (Å²) in [5.41, 5.74) is 14.0. The van der Waals surface area contributed by atoms with Gasteiger partial charge >= 0.3 is 0 Å². The van der Waals surface area contributed by atoms with Crippen LogP contribution in [0.2, 0.25) is 0 Å². The highest BCUT2D eigenvalue weighted by molar-refractivity contribution is 7.19. The lowest BCUT2D eigenvalue weighted by Crippen LogP contribution is -2.80. The Kier molecular flexibility index (Phi) is 5.87. The van der Waals surface area contributed by atoms with Crippen molar-refractivity contribution in [1.29, 1.82) is 0 Å². The average Bonchev–Trinajstić information content (AvgIpc) is 3.58. The number of rotatable bonds is 2. The SMILES string of the molecule is C=CC1C2C(c3ccccc3-c3ccc(C)c[n+]32)C12Cc1ccc3c(oc4c3ccc3sc(C)c(C)c34)c1-c1cc(CC(C)(C)C)cc[n+]12. The van der Waals surface area contributed by atoms with Crippen molar-refractivity contribution in [2.24, 2.45) is 11.3 Å². The molecule has 4 aromatic heterocycles. The molecule has 1 saturated carbocycles. The molecule has 0 bridgehead atoms. The van der Waals surface area contributed by atoms with Crippen LogP contribution in [0.1, 0.15) is 65.4 Å². The lowest BCUT2D eigenvalue weighted by atomic mass is 9.48. The van der Waals surface area contributed by atoms with E-state index in [1.807, 2.05) is 11.3 Å². The van der Waals surface area contributed by atoms with E-state index >= 15 is 0 Å². The zero-order valence-electron chi connectivity index (χ0n) is 29.2. The summed E-state index contributed by atoms with van der Waals surface area (Å²) in [6, 6.07) is 28.2. The van der Waals surface area contributed by atoms with Gasteiger partial charge in [0.15, 0.2) is 24.0 Å². The van der Waals surface area contributed by atoms with E-state index in [0.29, 0.717) is 12.0 Å². The zero-order chi connectivity index (χ0) is 33.6. The Bertz CT molecular complexity index is 2580. The number of hydrogen-bond acceptors (Lipinski definition) is 2. The fraction of sp³-hybridized carbons (Fsp3) is 0.289. The Morgan fingerprint density at radius 3 is 2.55 bits per heavy atom. The van der Waals surface area contributed by atoms with E-state index in [9.17, 15) is 0 Å². The molecule has 7 aromatic rings. The van der Waals surface area contributed by atoms with E-state index in [4.69, 9.17) is 4.42 Å². The van der Waals surface area contributed by atoms with E-state index in [2.05, 4.69) is 149 Å². The number of fused-ring (bicyclic) bond motifs is 17. The summed E-state index contributed by atoms with van der Waals surface area (Å²) in [4.78, 5) is 1.36. The van der Waals surface area contributed by atoms with Crippen molar-refractivity contribution in [3.05, 3.63) is 131 Å². The van der Waals surface area contributed by atoms with Gasteiger partial charge < -0.3 is 4.42 Å². The Balaban J connectivity index is 1.27. The summed E-state index contributed by atoms with van der Waals surface area (Å²) in [5, 5.41) is 3.68. The van der Waals surface area contributed by atoms with Crippen molar-refractivity contribution < 1.29 is 13.6 Å². The summed E-state index contributed by atoms with van der Waals surface area (Å²) in [6.45, 7) is 18.2. The molecule has 1 fully saturated rings. The largest absolute Gasteiger partial charge is 0.454 e. The second-order valence-corrected chi connectivity index (χ2v) is 17.4. The number of aryl methyl sites for hydroxylation is 3. The quantitative estimate of drug-likeness (QED) is 0.134. The number of hydrogen-bond donors (Lipinski definition) is 0. The van der Waals surface area contributed by atoms with Crippen molar-refractivity contribution in [2.75, 3.05) is 0 Å². The van der Waals surface area contributed by atoms with Crippen LogP contribution >= 0.6 is 11.3 Å². The van der Waals surface area contributed by atoms with E-state index in [1.165, 1.54) is 76.1 Å². The number of allylic oxidation sites excluding steroid dienone is 1. The number of aromatic nitrogens is 2. The molecule has 0 amide bonds. The molecule has 6 heterocycles. The third-order valence-electron chi connectivity index (χ3n) is 12.1. The zero-order valence-corrected chi connectivity index (χ0v) is 30.0. The number of benzene rings is 3. The van der Waals surface area contributed by atoms with Crippen molar-refractivity contribution >= 4 is 43.4 Å². The van der Waals surface area contributed by atoms with Crippen LogP contribution in [0, 0.1) is 32.1 Å². The monoisotopic (exact) mass is 658 g/mol. The van der Waals surface area contributed by atoms with Gasteiger partial charge in [0.1, 0.15) is 23.0 Å². The van der Waals surface area contributed by atoms with Gasteiger partial charge in [0.25, 0.3) is 0 Å². The molecule has 1 aliphatic carbocycles. The highest BCUT2D eigenvalue weighted by atomic mass is 32.1. The van der Waals surface area contributed by atoms with Crippen LogP contribution in [0.5, 0.6) is 0 Å². The van der Waals surface area contributed by atoms with Crippen LogP contribution in [0.4, 0.5) is 0 Å². The Morgan fingerprint density at radius 2 is 1.73 bits per heavy atom. The highest BCUT2D eigenvalue weighted by Gasteiger charge is 2.76. The van der Waals surface area contributed by atoms with Gasteiger partial charge in [-0.3, -0.25) is 0 Å². The van der Waals surface area contributed by atoms with Gasteiger partial charge in [0, 0.05) is 55.9 Å². The van der Waals surface area contributed by atoms with E-state index in [-0.39, 0.29) is 16.9 Å². The van der Waals surface area contributed by atoms with Gasteiger partial charge in [-0.15, -0.1) is 17.9 Å². The molecule has 3 aromatic carbocycles. The van der Waals surface area contributed by atoms with Crippen molar-refractivity contribution in [3.8, 4) is 22.5 Å². The molecule has 4 atom stereocenters.